The number of benzene rings is 2. The normalized spacial score (nSPS) is 15.2. The van der Waals surface area contributed by atoms with E-state index in [0.717, 1.165) is 54.2 Å². The molecule has 1 aliphatic heterocycles. The number of carbonyl (C=O) groups is 1. The van der Waals surface area contributed by atoms with Crippen molar-refractivity contribution < 1.29 is 13.9 Å². The Morgan fingerprint density at radius 2 is 2.00 bits per heavy atom. The summed E-state index contributed by atoms with van der Waals surface area (Å²) in [5.41, 5.74) is 2.89. The molecule has 3 aromatic rings. The lowest BCUT2D eigenvalue weighted by Gasteiger charge is -2.30. The van der Waals surface area contributed by atoms with Crippen LogP contribution in [0.2, 0.25) is 0 Å². The summed E-state index contributed by atoms with van der Waals surface area (Å²) in [5.74, 6) is 2.05. The van der Waals surface area contributed by atoms with Crippen molar-refractivity contribution in [2.24, 2.45) is 0 Å². The SMILES string of the molecule is Cc1cccc(OCCC(=O)N2CCC(c3nc4ccccc4o3)CC2)c1. The Morgan fingerprint density at radius 1 is 1.19 bits per heavy atom. The Morgan fingerprint density at radius 3 is 2.78 bits per heavy atom. The molecule has 140 valence electrons. The summed E-state index contributed by atoms with van der Waals surface area (Å²) >= 11 is 0. The second kappa shape index (κ2) is 7.82. The highest BCUT2D eigenvalue weighted by molar-refractivity contribution is 5.76. The highest BCUT2D eigenvalue weighted by Crippen LogP contribution is 2.30. The minimum Gasteiger partial charge on any atom is -0.493 e. The molecule has 0 bridgehead atoms. The standard InChI is InChI=1S/C22H24N2O3/c1-16-5-4-6-18(15-16)26-14-11-21(25)24-12-9-17(10-13-24)22-23-19-7-2-3-8-20(19)27-22/h2-8,15,17H,9-14H2,1H3. The minimum absolute atomic E-state index is 0.152. The zero-order valence-electron chi connectivity index (χ0n) is 15.6. The summed E-state index contributed by atoms with van der Waals surface area (Å²) in [6.45, 7) is 3.92. The molecule has 5 nitrogen and oxygen atoms in total. The molecular formula is C22H24N2O3. The van der Waals surface area contributed by atoms with Gasteiger partial charge in [0, 0.05) is 19.0 Å². The zero-order valence-corrected chi connectivity index (χ0v) is 15.6. The maximum atomic E-state index is 12.4. The average Bonchev–Trinajstić information content (AvgIpc) is 3.12. The Hall–Kier alpha value is -2.82. The number of aromatic nitrogens is 1. The number of rotatable bonds is 5. The lowest BCUT2D eigenvalue weighted by Crippen LogP contribution is -2.38. The van der Waals surface area contributed by atoms with E-state index < -0.39 is 0 Å². The van der Waals surface area contributed by atoms with Crippen LogP contribution in [0.15, 0.2) is 52.9 Å². The van der Waals surface area contributed by atoms with Crippen molar-refractivity contribution in [1.82, 2.24) is 9.88 Å². The van der Waals surface area contributed by atoms with Crippen LogP contribution >= 0.6 is 0 Å². The molecule has 1 amide bonds. The van der Waals surface area contributed by atoms with Gasteiger partial charge in [-0.2, -0.15) is 0 Å². The monoisotopic (exact) mass is 364 g/mol. The van der Waals surface area contributed by atoms with E-state index in [1.54, 1.807) is 0 Å². The highest BCUT2D eigenvalue weighted by Gasteiger charge is 2.26. The number of nitrogens with zero attached hydrogens (tertiary/aromatic N) is 2. The van der Waals surface area contributed by atoms with Crippen LogP contribution in [-0.4, -0.2) is 35.5 Å². The van der Waals surface area contributed by atoms with Crippen LogP contribution in [0.3, 0.4) is 0 Å². The molecule has 5 heteroatoms. The van der Waals surface area contributed by atoms with E-state index in [1.807, 2.05) is 60.4 Å². The van der Waals surface area contributed by atoms with Crippen LogP contribution in [-0.2, 0) is 4.79 Å². The van der Waals surface area contributed by atoms with Gasteiger partial charge in [-0.25, -0.2) is 4.98 Å². The van der Waals surface area contributed by atoms with Gasteiger partial charge in [0.1, 0.15) is 11.3 Å². The summed E-state index contributed by atoms with van der Waals surface area (Å²) in [4.78, 5) is 19.0. The fraction of sp³-hybridized carbons (Fsp3) is 0.364. The molecule has 0 radical (unpaired) electrons. The van der Waals surface area contributed by atoms with Crippen LogP contribution in [0.4, 0.5) is 0 Å². The van der Waals surface area contributed by atoms with Crippen molar-refractivity contribution in [2.75, 3.05) is 19.7 Å². The average molecular weight is 364 g/mol. The molecule has 0 spiro atoms. The number of carbonyl (C=O) groups excluding carboxylic acids is 1. The number of likely N-dealkylation sites (tertiary alicyclic amines) is 1. The first kappa shape index (κ1) is 17.6. The molecule has 0 atom stereocenters. The molecule has 27 heavy (non-hydrogen) atoms. The van der Waals surface area contributed by atoms with E-state index in [1.165, 1.54) is 0 Å². The lowest BCUT2D eigenvalue weighted by atomic mass is 9.96. The van der Waals surface area contributed by atoms with Gasteiger partial charge in [0.25, 0.3) is 0 Å². The van der Waals surface area contributed by atoms with Crippen molar-refractivity contribution in [2.45, 2.75) is 32.1 Å². The molecule has 0 saturated carbocycles. The zero-order chi connectivity index (χ0) is 18.6. The predicted molar refractivity (Wildman–Crippen MR) is 104 cm³/mol. The molecule has 1 aliphatic rings. The van der Waals surface area contributed by atoms with Gasteiger partial charge in [-0.3, -0.25) is 4.79 Å². The molecule has 1 aromatic heterocycles. The fourth-order valence-corrected chi connectivity index (χ4v) is 3.56. The number of oxazole rings is 1. The summed E-state index contributed by atoms with van der Waals surface area (Å²) in [7, 11) is 0. The van der Waals surface area contributed by atoms with Crippen LogP contribution in [0.1, 0.15) is 36.6 Å². The van der Waals surface area contributed by atoms with E-state index in [9.17, 15) is 4.79 Å². The van der Waals surface area contributed by atoms with Gasteiger partial charge in [-0.05, 0) is 49.6 Å². The lowest BCUT2D eigenvalue weighted by molar-refractivity contribution is -0.132. The number of hydrogen-bond donors (Lipinski definition) is 0. The van der Waals surface area contributed by atoms with E-state index in [0.29, 0.717) is 13.0 Å². The van der Waals surface area contributed by atoms with Crippen molar-refractivity contribution >= 4 is 17.0 Å². The molecule has 1 saturated heterocycles. The number of hydrogen-bond acceptors (Lipinski definition) is 4. The number of ether oxygens (including phenoxy) is 1. The summed E-state index contributed by atoms with van der Waals surface area (Å²) in [6.07, 6.45) is 2.18. The first-order valence-electron chi connectivity index (χ1n) is 9.52. The van der Waals surface area contributed by atoms with Crippen molar-refractivity contribution in [3.05, 3.63) is 60.0 Å². The largest absolute Gasteiger partial charge is 0.493 e. The van der Waals surface area contributed by atoms with E-state index in [2.05, 4.69) is 4.98 Å². The number of para-hydroxylation sites is 2. The first-order valence-corrected chi connectivity index (χ1v) is 9.52. The molecule has 0 aliphatic carbocycles. The van der Waals surface area contributed by atoms with E-state index in [4.69, 9.17) is 9.15 Å². The van der Waals surface area contributed by atoms with Crippen molar-refractivity contribution in [1.29, 1.82) is 0 Å². The molecule has 0 N–H and O–H groups in total. The van der Waals surface area contributed by atoms with Crippen LogP contribution in [0, 0.1) is 6.92 Å². The molecule has 1 fully saturated rings. The third kappa shape index (κ3) is 4.13. The quantitative estimate of drug-likeness (QED) is 0.677. The second-order valence-electron chi connectivity index (χ2n) is 7.09. The van der Waals surface area contributed by atoms with Gasteiger partial charge in [-0.15, -0.1) is 0 Å². The second-order valence-corrected chi connectivity index (χ2v) is 7.09. The summed E-state index contributed by atoms with van der Waals surface area (Å²) < 4.78 is 11.6. The van der Waals surface area contributed by atoms with Crippen LogP contribution < -0.4 is 4.74 Å². The molecular weight excluding hydrogens is 340 g/mol. The Kier molecular flexibility index (Phi) is 5.10. The number of amides is 1. The van der Waals surface area contributed by atoms with Gasteiger partial charge >= 0.3 is 0 Å². The fourth-order valence-electron chi connectivity index (χ4n) is 3.56. The smallest absolute Gasteiger partial charge is 0.225 e. The maximum absolute atomic E-state index is 12.4. The molecule has 2 heterocycles. The van der Waals surface area contributed by atoms with Crippen molar-refractivity contribution in [3.63, 3.8) is 0 Å². The maximum Gasteiger partial charge on any atom is 0.225 e. The van der Waals surface area contributed by atoms with Gasteiger partial charge < -0.3 is 14.1 Å². The van der Waals surface area contributed by atoms with Crippen LogP contribution in [0.25, 0.3) is 11.1 Å². The Labute approximate surface area is 158 Å². The van der Waals surface area contributed by atoms with Crippen molar-refractivity contribution in [3.8, 4) is 5.75 Å². The number of piperidine rings is 1. The third-order valence-corrected chi connectivity index (χ3v) is 5.08. The number of aryl methyl sites for hydroxylation is 1. The summed E-state index contributed by atoms with van der Waals surface area (Å²) in [5, 5.41) is 0. The predicted octanol–water partition coefficient (Wildman–Crippen LogP) is 4.31. The highest BCUT2D eigenvalue weighted by atomic mass is 16.5. The topological polar surface area (TPSA) is 55.6 Å². The number of fused-ring (bicyclic) bond motifs is 1. The van der Waals surface area contributed by atoms with Gasteiger partial charge in [0.05, 0.1) is 13.0 Å². The third-order valence-electron chi connectivity index (χ3n) is 5.08. The molecule has 0 unspecified atom stereocenters. The van der Waals surface area contributed by atoms with Gasteiger partial charge in [-0.1, -0.05) is 24.3 Å². The minimum atomic E-state index is 0.152. The Balaban J connectivity index is 1.26. The first-order chi connectivity index (χ1) is 13.2. The summed E-state index contributed by atoms with van der Waals surface area (Å²) in [6, 6.07) is 15.7. The van der Waals surface area contributed by atoms with Gasteiger partial charge in [0.15, 0.2) is 11.5 Å². The van der Waals surface area contributed by atoms with Crippen LogP contribution in [0.5, 0.6) is 5.75 Å². The Bertz CT molecular complexity index is 893. The molecule has 4 rings (SSSR count). The van der Waals surface area contributed by atoms with E-state index in [-0.39, 0.29) is 11.8 Å². The van der Waals surface area contributed by atoms with E-state index >= 15 is 0 Å². The molecule has 2 aromatic carbocycles. The van der Waals surface area contributed by atoms with Gasteiger partial charge in [0.2, 0.25) is 5.91 Å².